The average molecular weight is 226 g/mol. The van der Waals surface area contributed by atoms with Crippen LogP contribution in [0.5, 0.6) is 5.75 Å². The topological polar surface area (TPSA) is 20.2 Å². The highest BCUT2D eigenvalue weighted by molar-refractivity contribution is 5.31. The third-order valence-corrected chi connectivity index (χ3v) is 3.49. The molecule has 0 aromatic heterocycles. The quantitative estimate of drug-likeness (QED) is 0.827. The Balaban J connectivity index is 2.20. The van der Waals surface area contributed by atoms with Crippen LogP contribution in [0.4, 0.5) is 0 Å². The standard InChI is InChI=1S/C16H18O/c1-12(14-6-4-3-5-7-14)13(2)15-8-10-16(17)11-9-15/h3-13,17H,1-2H3. The van der Waals surface area contributed by atoms with Crippen molar-refractivity contribution in [3.05, 3.63) is 65.7 Å². The predicted octanol–water partition coefficient (Wildman–Crippen LogP) is 4.30. The third kappa shape index (κ3) is 2.68. The fourth-order valence-electron chi connectivity index (χ4n) is 2.11. The van der Waals surface area contributed by atoms with Gasteiger partial charge < -0.3 is 5.11 Å². The molecule has 2 unspecified atom stereocenters. The molecule has 2 aromatic carbocycles. The minimum Gasteiger partial charge on any atom is -0.508 e. The monoisotopic (exact) mass is 226 g/mol. The minimum absolute atomic E-state index is 0.327. The van der Waals surface area contributed by atoms with Gasteiger partial charge in [-0.05, 0) is 35.1 Å². The molecule has 88 valence electrons. The molecule has 1 nitrogen and oxygen atoms in total. The highest BCUT2D eigenvalue weighted by Gasteiger charge is 2.15. The molecule has 0 aliphatic heterocycles. The summed E-state index contributed by atoms with van der Waals surface area (Å²) in [6.07, 6.45) is 0. The molecule has 0 spiro atoms. The van der Waals surface area contributed by atoms with E-state index < -0.39 is 0 Å². The average Bonchev–Trinajstić information content (AvgIpc) is 2.39. The molecule has 0 bridgehead atoms. The number of aromatic hydroxyl groups is 1. The number of hydrogen-bond acceptors (Lipinski definition) is 1. The second-order valence-corrected chi connectivity index (χ2v) is 4.58. The Morgan fingerprint density at radius 3 is 1.71 bits per heavy atom. The van der Waals surface area contributed by atoms with E-state index in [0.717, 1.165) is 0 Å². The summed E-state index contributed by atoms with van der Waals surface area (Å²) in [6, 6.07) is 18.0. The van der Waals surface area contributed by atoms with Gasteiger partial charge in [-0.2, -0.15) is 0 Å². The first-order valence-electron chi connectivity index (χ1n) is 6.02. The zero-order valence-electron chi connectivity index (χ0n) is 10.3. The van der Waals surface area contributed by atoms with Crippen molar-refractivity contribution in [3.8, 4) is 5.75 Å². The van der Waals surface area contributed by atoms with Gasteiger partial charge in [-0.3, -0.25) is 0 Å². The van der Waals surface area contributed by atoms with E-state index >= 15 is 0 Å². The Hall–Kier alpha value is -1.76. The molecular weight excluding hydrogens is 208 g/mol. The lowest BCUT2D eigenvalue weighted by Crippen LogP contribution is -2.04. The van der Waals surface area contributed by atoms with Crippen molar-refractivity contribution in [2.24, 2.45) is 0 Å². The maximum Gasteiger partial charge on any atom is 0.115 e. The first-order valence-corrected chi connectivity index (χ1v) is 6.02. The lowest BCUT2D eigenvalue weighted by Gasteiger charge is -2.20. The van der Waals surface area contributed by atoms with Gasteiger partial charge in [0.05, 0.1) is 0 Å². The smallest absolute Gasteiger partial charge is 0.115 e. The zero-order chi connectivity index (χ0) is 12.3. The Bertz CT molecular complexity index is 459. The van der Waals surface area contributed by atoms with E-state index in [1.165, 1.54) is 11.1 Å². The first-order chi connectivity index (χ1) is 8.18. The summed E-state index contributed by atoms with van der Waals surface area (Å²) in [5.41, 5.74) is 2.62. The van der Waals surface area contributed by atoms with Crippen LogP contribution in [0.15, 0.2) is 54.6 Å². The van der Waals surface area contributed by atoms with Crippen molar-refractivity contribution in [2.75, 3.05) is 0 Å². The minimum atomic E-state index is 0.327. The highest BCUT2D eigenvalue weighted by Crippen LogP contribution is 2.32. The highest BCUT2D eigenvalue weighted by atomic mass is 16.3. The van der Waals surface area contributed by atoms with Crippen molar-refractivity contribution in [1.82, 2.24) is 0 Å². The van der Waals surface area contributed by atoms with Crippen LogP contribution in [-0.4, -0.2) is 5.11 Å². The van der Waals surface area contributed by atoms with Crippen LogP contribution in [0.25, 0.3) is 0 Å². The Labute approximate surface area is 103 Å². The summed E-state index contributed by atoms with van der Waals surface area (Å²) in [7, 11) is 0. The zero-order valence-corrected chi connectivity index (χ0v) is 10.3. The molecule has 0 aliphatic rings. The normalized spacial score (nSPS) is 14.2. The summed E-state index contributed by atoms with van der Waals surface area (Å²) < 4.78 is 0. The molecule has 0 heterocycles. The van der Waals surface area contributed by atoms with Gasteiger partial charge in [0, 0.05) is 0 Å². The van der Waals surface area contributed by atoms with Crippen molar-refractivity contribution in [2.45, 2.75) is 25.7 Å². The molecule has 17 heavy (non-hydrogen) atoms. The molecule has 0 saturated carbocycles. The van der Waals surface area contributed by atoms with Gasteiger partial charge >= 0.3 is 0 Å². The predicted molar refractivity (Wildman–Crippen MR) is 71.4 cm³/mol. The van der Waals surface area contributed by atoms with Crippen LogP contribution in [0.3, 0.4) is 0 Å². The van der Waals surface area contributed by atoms with Crippen LogP contribution in [0.1, 0.15) is 36.8 Å². The Morgan fingerprint density at radius 2 is 1.18 bits per heavy atom. The Kier molecular flexibility index (Phi) is 3.48. The third-order valence-electron chi connectivity index (χ3n) is 3.49. The fourth-order valence-corrected chi connectivity index (χ4v) is 2.11. The summed E-state index contributed by atoms with van der Waals surface area (Å²) in [4.78, 5) is 0. The second-order valence-electron chi connectivity index (χ2n) is 4.58. The summed E-state index contributed by atoms with van der Waals surface area (Å²) in [5, 5.41) is 9.29. The van der Waals surface area contributed by atoms with Crippen molar-refractivity contribution >= 4 is 0 Å². The van der Waals surface area contributed by atoms with E-state index in [0.29, 0.717) is 17.6 Å². The second kappa shape index (κ2) is 5.05. The van der Waals surface area contributed by atoms with E-state index in [4.69, 9.17) is 0 Å². The number of hydrogen-bond donors (Lipinski definition) is 1. The van der Waals surface area contributed by atoms with Crippen LogP contribution < -0.4 is 0 Å². The lowest BCUT2D eigenvalue weighted by atomic mass is 9.84. The van der Waals surface area contributed by atoms with Crippen molar-refractivity contribution in [3.63, 3.8) is 0 Å². The van der Waals surface area contributed by atoms with E-state index in [1.54, 1.807) is 12.1 Å². The molecule has 0 radical (unpaired) electrons. The summed E-state index contributed by atoms with van der Waals surface area (Å²) in [6.45, 7) is 4.47. The van der Waals surface area contributed by atoms with Gasteiger partial charge in [0.15, 0.2) is 0 Å². The molecular formula is C16H18O. The van der Waals surface area contributed by atoms with E-state index in [-0.39, 0.29) is 0 Å². The van der Waals surface area contributed by atoms with Crippen molar-refractivity contribution < 1.29 is 5.11 Å². The Morgan fingerprint density at radius 1 is 0.706 bits per heavy atom. The van der Waals surface area contributed by atoms with Crippen LogP contribution in [0.2, 0.25) is 0 Å². The largest absolute Gasteiger partial charge is 0.508 e. The lowest BCUT2D eigenvalue weighted by molar-refractivity contribution is 0.474. The van der Waals surface area contributed by atoms with Crippen LogP contribution in [0, 0.1) is 0 Å². The first kappa shape index (κ1) is 11.7. The summed E-state index contributed by atoms with van der Waals surface area (Å²) in [5.74, 6) is 1.24. The van der Waals surface area contributed by atoms with Gasteiger partial charge in [0.2, 0.25) is 0 Å². The van der Waals surface area contributed by atoms with Crippen molar-refractivity contribution in [1.29, 1.82) is 0 Å². The number of phenols is 1. The van der Waals surface area contributed by atoms with Gasteiger partial charge in [-0.25, -0.2) is 0 Å². The molecule has 0 fully saturated rings. The number of benzene rings is 2. The van der Waals surface area contributed by atoms with Crippen LogP contribution in [-0.2, 0) is 0 Å². The molecule has 1 heteroatoms. The molecule has 2 rings (SSSR count). The maximum atomic E-state index is 9.29. The van der Waals surface area contributed by atoms with E-state index in [1.807, 2.05) is 18.2 Å². The maximum absolute atomic E-state index is 9.29. The molecule has 0 saturated heterocycles. The molecule has 0 amide bonds. The summed E-state index contributed by atoms with van der Waals surface area (Å²) >= 11 is 0. The molecule has 0 aliphatic carbocycles. The fraction of sp³-hybridized carbons (Fsp3) is 0.250. The number of phenolic OH excluding ortho intramolecular Hbond substituents is 1. The number of rotatable bonds is 3. The van der Waals surface area contributed by atoms with E-state index in [2.05, 4.69) is 38.1 Å². The van der Waals surface area contributed by atoms with Gasteiger partial charge in [0.25, 0.3) is 0 Å². The van der Waals surface area contributed by atoms with Gasteiger partial charge in [-0.15, -0.1) is 0 Å². The van der Waals surface area contributed by atoms with Crippen LogP contribution >= 0.6 is 0 Å². The van der Waals surface area contributed by atoms with Gasteiger partial charge in [-0.1, -0.05) is 56.3 Å². The molecule has 2 aromatic rings. The molecule has 2 atom stereocenters. The SMILES string of the molecule is CC(c1ccccc1)C(C)c1ccc(O)cc1. The molecule has 1 N–H and O–H groups in total. The van der Waals surface area contributed by atoms with E-state index in [9.17, 15) is 5.11 Å². The van der Waals surface area contributed by atoms with Gasteiger partial charge in [0.1, 0.15) is 5.75 Å².